The summed E-state index contributed by atoms with van der Waals surface area (Å²) in [6.07, 6.45) is 1.36. The van der Waals surface area contributed by atoms with E-state index in [0.717, 1.165) is 0 Å². The predicted octanol–water partition coefficient (Wildman–Crippen LogP) is 0.181. The molecule has 2 rings (SSSR count). The second-order valence-corrected chi connectivity index (χ2v) is 3.39. The molecule has 2 aliphatic heterocycles. The molecule has 2 fully saturated rings. The number of carbonyl (C=O) groups is 2. The molecule has 2 atom stereocenters. The van der Waals surface area contributed by atoms with Gasteiger partial charge < -0.3 is 15.0 Å². The maximum absolute atomic E-state index is 11.2. The lowest BCUT2D eigenvalue weighted by Gasteiger charge is -2.33. The predicted molar refractivity (Wildman–Crippen MR) is 42.3 cm³/mol. The van der Waals surface area contributed by atoms with Crippen LogP contribution in [0.25, 0.3) is 0 Å². The monoisotopic (exact) mass is 184 g/mol. The van der Waals surface area contributed by atoms with Gasteiger partial charge in [0.1, 0.15) is 6.10 Å². The first kappa shape index (κ1) is 8.50. The molecule has 0 N–H and O–H groups in total. The zero-order chi connectivity index (χ0) is 9.42. The van der Waals surface area contributed by atoms with Gasteiger partial charge >= 0.3 is 5.97 Å². The van der Waals surface area contributed by atoms with Crippen LogP contribution in [0, 0.1) is 5.21 Å². The van der Waals surface area contributed by atoms with E-state index in [1.165, 1.54) is 0 Å². The van der Waals surface area contributed by atoms with Gasteiger partial charge in [-0.2, -0.15) is 0 Å². The van der Waals surface area contributed by atoms with Crippen molar-refractivity contribution in [1.82, 2.24) is 5.06 Å². The van der Waals surface area contributed by atoms with Crippen molar-refractivity contribution in [3.05, 3.63) is 5.21 Å². The molecule has 2 heterocycles. The van der Waals surface area contributed by atoms with E-state index >= 15 is 0 Å². The van der Waals surface area contributed by atoms with Gasteiger partial charge in [0.2, 0.25) is 5.91 Å². The van der Waals surface area contributed by atoms with Gasteiger partial charge in [-0.1, -0.05) is 0 Å². The average Bonchev–Trinajstić information content (AvgIpc) is 2.62. The Bertz CT molecular complexity index is 253. The van der Waals surface area contributed by atoms with Crippen LogP contribution in [0.4, 0.5) is 0 Å². The standard InChI is InChI=1S/C8H10NO4/c10-7-3-1-5(9(7)12)6-2-4-8(11)13-6/h5-6H,1-4H2/q-1/t5-,6-/m0/s1. The fraction of sp³-hybridized carbons (Fsp3) is 0.750. The molecular weight excluding hydrogens is 174 g/mol. The fourth-order valence-electron chi connectivity index (χ4n) is 1.84. The second-order valence-electron chi connectivity index (χ2n) is 3.39. The fourth-order valence-corrected chi connectivity index (χ4v) is 1.84. The van der Waals surface area contributed by atoms with E-state index in [-0.39, 0.29) is 18.5 Å². The highest BCUT2D eigenvalue weighted by Gasteiger charge is 2.36. The zero-order valence-corrected chi connectivity index (χ0v) is 7.06. The Balaban J connectivity index is 2.02. The van der Waals surface area contributed by atoms with Gasteiger partial charge in [-0.05, 0) is 12.8 Å². The molecule has 0 aromatic carbocycles. The maximum atomic E-state index is 11.2. The van der Waals surface area contributed by atoms with Crippen molar-refractivity contribution < 1.29 is 14.3 Å². The van der Waals surface area contributed by atoms with Crippen LogP contribution in [0.2, 0.25) is 0 Å². The van der Waals surface area contributed by atoms with Crippen LogP contribution in [0.5, 0.6) is 0 Å². The topological polar surface area (TPSA) is 69.7 Å². The number of amides is 1. The van der Waals surface area contributed by atoms with Crippen molar-refractivity contribution in [2.24, 2.45) is 0 Å². The summed E-state index contributed by atoms with van der Waals surface area (Å²) >= 11 is 0. The Hall–Kier alpha value is -1.10. The molecule has 0 aliphatic carbocycles. The molecule has 0 saturated carbocycles. The van der Waals surface area contributed by atoms with Crippen molar-refractivity contribution >= 4 is 11.9 Å². The molecule has 0 aromatic rings. The van der Waals surface area contributed by atoms with Gasteiger partial charge in [0.15, 0.2) is 0 Å². The summed E-state index contributed by atoms with van der Waals surface area (Å²) in [5.41, 5.74) is 0. The number of rotatable bonds is 1. The Kier molecular flexibility index (Phi) is 1.95. The normalized spacial score (nSPS) is 34.1. The van der Waals surface area contributed by atoms with Crippen molar-refractivity contribution in [3.8, 4) is 0 Å². The number of esters is 1. The maximum Gasteiger partial charge on any atom is 0.306 e. The second kappa shape index (κ2) is 2.99. The lowest BCUT2D eigenvalue weighted by molar-refractivity contribution is -0.144. The summed E-state index contributed by atoms with van der Waals surface area (Å²) in [7, 11) is 0. The van der Waals surface area contributed by atoms with Crippen molar-refractivity contribution in [2.75, 3.05) is 0 Å². The summed E-state index contributed by atoms with van der Waals surface area (Å²) in [5.74, 6) is -0.661. The first-order chi connectivity index (χ1) is 6.18. The first-order valence-electron chi connectivity index (χ1n) is 4.37. The van der Waals surface area contributed by atoms with E-state index in [1.54, 1.807) is 0 Å². The van der Waals surface area contributed by atoms with Gasteiger partial charge in [0.25, 0.3) is 0 Å². The molecule has 5 heteroatoms. The van der Waals surface area contributed by atoms with Crippen molar-refractivity contribution in [1.29, 1.82) is 0 Å². The van der Waals surface area contributed by atoms with Gasteiger partial charge in [0.05, 0.1) is 6.04 Å². The van der Waals surface area contributed by atoms with Crippen LogP contribution < -0.4 is 0 Å². The molecular formula is C8H10NO4-. The summed E-state index contributed by atoms with van der Waals surface area (Å²) in [6, 6.07) is -0.432. The Morgan fingerprint density at radius 2 is 2.08 bits per heavy atom. The highest BCUT2D eigenvalue weighted by atomic mass is 16.6. The number of hydroxylamine groups is 2. The molecule has 13 heavy (non-hydrogen) atoms. The largest absolute Gasteiger partial charge is 0.756 e. The number of cyclic esters (lactones) is 1. The third kappa shape index (κ3) is 1.39. The minimum absolute atomic E-state index is 0.266. The average molecular weight is 184 g/mol. The van der Waals surface area contributed by atoms with E-state index < -0.39 is 11.9 Å². The van der Waals surface area contributed by atoms with E-state index in [1.807, 2.05) is 0 Å². The van der Waals surface area contributed by atoms with Crippen molar-refractivity contribution in [2.45, 2.75) is 37.8 Å². The van der Waals surface area contributed by atoms with Gasteiger partial charge in [0, 0.05) is 12.8 Å². The minimum atomic E-state index is -0.432. The summed E-state index contributed by atoms with van der Waals surface area (Å²) in [6.45, 7) is 0. The smallest absolute Gasteiger partial charge is 0.306 e. The van der Waals surface area contributed by atoms with Crippen LogP contribution in [0.3, 0.4) is 0 Å². The third-order valence-corrected chi connectivity index (χ3v) is 2.55. The van der Waals surface area contributed by atoms with E-state index in [4.69, 9.17) is 4.74 Å². The molecule has 0 bridgehead atoms. The highest BCUT2D eigenvalue weighted by molar-refractivity contribution is 5.79. The molecule has 72 valence electrons. The molecule has 0 radical (unpaired) electrons. The number of hydrogen-bond acceptors (Lipinski definition) is 4. The molecule has 0 aromatic heterocycles. The van der Waals surface area contributed by atoms with Crippen LogP contribution >= 0.6 is 0 Å². The summed E-state index contributed by atoms with van der Waals surface area (Å²) in [5, 5.41) is 11.6. The number of hydrogen-bond donors (Lipinski definition) is 0. The van der Waals surface area contributed by atoms with Crippen LogP contribution in [0.15, 0.2) is 0 Å². The Labute approximate surface area is 75.2 Å². The Morgan fingerprint density at radius 3 is 2.54 bits per heavy atom. The molecule has 2 aliphatic rings. The summed E-state index contributed by atoms with van der Waals surface area (Å²) < 4.78 is 4.93. The number of carbonyl (C=O) groups excluding carboxylic acids is 2. The quantitative estimate of drug-likeness (QED) is 0.545. The van der Waals surface area contributed by atoms with E-state index in [2.05, 4.69) is 0 Å². The molecule has 5 nitrogen and oxygen atoms in total. The van der Waals surface area contributed by atoms with Crippen LogP contribution in [0.1, 0.15) is 25.7 Å². The lowest BCUT2D eigenvalue weighted by Crippen LogP contribution is -2.36. The molecule has 0 spiro atoms. The SMILES string of the molecule is O=C1CC[C@@H]([C@@H]2CCC(=O)N2[O-])O1. The Morgan fingerprint density at radius 1 is 1.31 bits per heavy atom. The third-order valence-electron chi connectivity index (χ3n) is 2.55. The molecule has 2 saturated heterocycles. The number of nitrogens with zero attached hydrogens (tertiary/aromatic N) is 1. The molecule has 0 unspecified atom stereocenters. The van der Waals surface area contributed by atoms with E-state index in [9.17, 15) is 14.8 Å². The van der Waals surface area contributed by atoms with Gasteiger partial charge in [-0.3, -0.25) is 9.59 Å². The zero-order valence-electron chi connectivity index (χ0n) is 7.06. The summed E-state index contributed by atoms with van der Waals surface area (Å²) in [4.78, 5) is 21.7. The van der Waals surface area contributed by atoms with Gasteiger partial charge in [-0.25, -0.2) is 0 Å². The van der Waals surface area contributed by atoms with E-state index in [0.29, 0.717) is 24.3 Å². The molecule has 1 amide bonds. The minimum Gasteiger partial charge on any atom is -0.756 e. The number of ether oxygens (including phenoxy) is 1. The van der Waals surface area contributed by atoms with Crippen LogP contribution in [-0.2, 0) is 14.3 Å². The highest BCUT2D eigenvalue weighted by Crippen LogP contribution is 2.28. The lowest BCUT2D eigenvalue weighted by atomic mass is 10.1. The first-order valence-corrected chi connectivity index (χ1v) is 4.37. The van der Waals surface area contributed by atoms with Crippen LogP contribution in [-0.4, -0.2) is 29.1 Å². The van der Waals surface area contributed by atoms with Gasteiger partial charge in [-0.15, -0.1) is 0 Å². The van der Waals surface area contributed by atoms with Crippen molar-refractivity contribution in [3.63, 3.8) is 0 Å².